The highest BCUT2D eigenvalue weighted by Crippen LogP contribution is 2.23. The standard InChI is InChI=1S/C20H25N3O4/c1-13-10-14(2)23(21-13)16-7-5-6-15(11-16)19(24)22-9-8-17(20(25)27-4)18(12-22)26-3/h5-7,10-11,17-18H,8-9,12H2,1-4H3. The molecule has 0 radical (unpaired) electrons. The summed E-state index contributed by atoms with van der Waals surface area (Å²) in [7, 11) is 2.93. The summed E-state index contributed by atoms with van der Waals surface area (Å²) >= 11 is 0. The highest BCUT2D eigenvalue weighted by Gasteiger charge is 2.36. The zero-order valence-electron chi connectivity index (χ0n) is 16.1. The van der Waals surface area contributed by atoms with Crippen molar-refractivity contribution in [3.63, 3.8) is 0 Å². The fourth-order valence-corrected chi connectivity index (χ4v) is 3.60. The molecular weight excluding hydrogens is 346 g/mol. The molecule has 2 unspecified atom stereocenters. The van der Waals surface area contributed by atoms with Crippen molar-refractivity contribution in [3.8, 4) is 5.69 Å². The van der Waals surface area contributed by atoms with Gasteiger partial charge in [0.25, 0.3) is 5.91 Å². The first-order chi connectivity index (χ1) is 12.9. The van der Waals surface area contributed by atoms with Crippen LogP contribution in [0.2, 0.25) is 0 Å². The molecule has 7 heteroatoms. The molecule has 1 aromatic heterocycles. The Bertz CT molecular complexity index is 846. The summed E-state index contributed by atoms with van der Waals surface area (Å²) in [4.78, 5) is 26.6. The van der Waals surface area contributed by atoms with Gasteiger partial charge >= 0.3 is 5.97 Å². The monoisotopic (exact) mass is 371 g/mol. The summed E-state index contributed by atoms with van der Waals surface area (Å²) in [6.07, 6.45) is 0.156. The third-order valence-electron chi connectivity index (χ3n) is 5.00. The minimum Gasteiger partial charge on any atom is -0.469 e. The molecule has 3 rings (SSSR count). The van der Waals surface area contributed by atoms with E-state index in [-0.39, 0.29) is 23.9 Å². The van der Waals surface area contributed by atoms with E-state index < -0.39 is 0 Å². The van der Waals surface area contributed by atoms with Gasteiger partial charge in [-0.1, -0.05) is 6.07 Å². The number of methoxy groups -OCH3 is 2. The molecule has 0 spiro atoms. The quantitative estimate of drug-likeness (QED) is 0.770. The van der Waals surface area contributed by atoms with Crippen LogP contribution in [0.25, 0.3) is 5.69 Å². The number of carbonyl (C=O) groups excluding carboxylic acids is 2. The molecule has 1 aromatic carbocycles. The molecule has 2 aromatic rings. The van der Waals surface area contributed by atoms with E-state index in [1.807, 2.05) is 42.8 Å². The number of aryl methyl sites for hydroxylation is 2. The van der Waals surface area contributed by atoms with Gasteiger partial charge in [-0.15, -0.1) is 0 Å². The van der Waals surface area contributed by atoms with Gasteiger partial charge in [-0.05, 0) is 44.5 Å². The van der Waals surface area contributed by atoms with Crippen LogP contribution in [0.15, 0.2) is 30.3 Å². The normalized spacial score (nSPS) is 19.8. The van der Waals surface area contributed by atoms with E-state index >= 15 is 0 Å². The maximum absolute atomic E-state index is 13.0. The van der Waals surface area contributed by atoms with Crippen molar-refractivity contribution in [2.45, 2.75) is 26.4 Å². The molecule has 1 aliphatic heterocycles. The van der Waals surface area contributed by atoms with E-state index in [0.717, 1.165) is 17.1 Å². The maximum atomic E-state index is 13.0. The number of esters is 1. The van der Waals surface area contributed by atoms with Crippen LogP contribution in [0.3, 0.4) is 0 Å². The van der Waals surface area contributed by atoms with Gasteiger partial charge in [0.15, 0.2) is 0 Å². The lowest BCUT2D eigenvalue weighted by atomic mass is 9.93. The first kappa shape index (κ1) is 19.1. The van der Waals surface area contributed by atoms with Gasteiger partial charge in [-0.25, -0.2) is 4.68 Å². The fraction of sp³-hybridized carbons (Fsp3) is 0.450. The zero-order valence-corrected chi connectivity index (χ0v) is 16.1. The van der Waals surface area contributed by atoms with Crippen molar-refractivity contribution in [1.82, 2.24) is 14.7 Å². The molecule has 0 saturated carbocycles. The summed E-state index contributed by atoms with van der Waals surface area (Å²) in [6.45, 7) is 4.77. The molecular formula is C20H25N3O4. The fourth-order valence-electron chi connectivity index (χ4n) is 3.60. The van der Waals surface area contributed by atoms with Crippen LogP contribution in [-0.4, -0.2) is 60.0 Å². The number of aromatic nitrogens is 2. The molecule has 27 heavy (non-hydrogen) atoms. The lowest BCUT2D eigenvalue weighted by Gasteiger charge is -2.36. The second-order valence-corrected chi connectivity index (χ2v) is 6.83. The van der Waals surface area contributed by atoms with Gasteiger partial charge in [0.1, 0.15) is 0 Å². The smallest absolute Gasteiger partial charge is 0.311 e. The minimum atomic E-state index is -0.366. The average molecular weight is 371 g/mol. The summed E-state index contributed by atoms with van der Waals surface area (Å²) in [5.41, 5.74) is 3.37. The number of rotatable bonds is 4. The molecule has 2 atom stereocenters. The van der Waals surface area contributed by atoms with Gasteiger partial charge in [0.05, 0.1) is 30.5 Å². The number of ether oxygens (including phenoxy) is 2. The number of hydrogen-bond donors (Lipinski definition) is 0. The van der Waals surface area contributed by atoms with Crippen molar-refractivity contribution in [2.24, 2.45) is 5.92 Å². The van der Waals surface area contributed by atoms with E-state index in [4.69, 9.17) is 9.47 Å². The SMILES string of the molecule is COC(=O)C1CCN(C(=O)c2cccc(-n3nc(C)cc3C)c2)CC1OC. The van der Waals surface area contributed by atoms with Gasteiger partial charge < -0.3 is 14.4 Å². The van der Waals surface area contributed by atoms with Crippen LogP contribution in [0.1, 0.15) is 28.2 Å². The number of benzene rings is 1. The van der Waals surface area contributed by atoms with Crippen LogP contribution < -0.4 is 0 Å². The predicted molar refractivity (Wildman–Crippen MR) is 99.9 cm³/mol. The molecule has 0 aliphatic carbocycles. The Hall–Kier alpha value is -2.67. The molecule has 1 fully saturated rings. The molecule has 0 N–H and O–H groups in total. The summed E-state index contributed by atoms with van der Waals surface area (Å²) in [6, 6.07) is 9.42. The van der Waals surface area contributed by atoms with Crippen molar-refractivity contribution in [3.05, 3.63) is 47.3 Å². The van der Waals surface area contributed by atoms with Crippen LogP contribution in [0, 0.1) is 19.8 Å². The second-order valence-electron chi connectivity index (χ2n) is 6.83. The van der Waals surface area contributed by atoms with E-state index in [1.165, 1.54) is 7.11 Å². The first-order valence-electron chi connectivity index (χ1n) is 8.98. The number of carbonyl (C=O) groups is 2. The maximum Gasteiger partial charge on any atom is 0.311 e. The van der Waals surface area contributed by atoms with Crippen molar-refractivity contribution in [2.75, 3.05) is 27.3 Å². The molecule has 1 saturated heterocycles. The second kappa shape index (κ2) is 7.92. The minimum absolute atomic E-state index is 0.0799. The highest BCUT2D eigenvalue weighted by molar-refractivity contribution is 5.95. The molecule has 0 bridgehead atoms. The number of likely N-dealkylation sites (tertiary alicyclic amines) is 1. The van der Waals surface area contributed by atoms with Gasteiger partial charge in [0.2, 0.25) is 0 Å². The molecule has 2 heterocycles. The lowest BCUT2D eigenvalue weighted by molar-refractivity contribution is -0.153. The van der Waals surface area contributed by atoms with Gasteiger partial charge in [-0.3, -0.25) is 9.59 Å². The Kier molecular flexibility index (Phi) is 5.60. The summed E-state index contributed by atoms with van der Waals surface area (Å²) in [5.74, 6) is -0.714. The average Bonchev–Trinajstić information content (AvgIpc) is 3.04. The lowest BCUT2D eigenvalue weighted by Crippen LogP contribution is -2.49. The number of amides is 1. The predicted octanol–water partition coefficient (Wildman–Crippen LogP) is 2.14. The van der Waals surface area contributed by atoms with E-state index in [9.17, 15) is 9.59 Å². The van der Waals surface area contributed by atoms with E-state index in [0.29, 0.717) is 25.1 Å². The molecule has 7 nitrogen and oxygen atoms in total. The molecule has 144 valence electrons. The van der Waals surface area contributed by atoms with E-state index in [1.54, 1.807) is 18.1 Å². The van der Waals surface area contributed by atoms with Crippen molar-refractivity contribution < 1.29 is 19.1 Å². The van der Waals surface area contributed by atoms with Crippen LogP contribution in [0.4, 0.5) is 0 Å². The van der Waals surface area contributed by atoms with Crippen LogP contribution in [-0.2, 0) is 14.3 Å². The van der Waals surface area contributed by atoms with Gasteiger partial charge in [0, 0.05) is 31.5 Å². The molecule has 1 aliphatic rings. The van der Waals surface area contributed by atoms with Crippen LogP contribution >= 0.6 is 0 Å². The third kappa shape index (κ3) is 3.88. The highest BCUT2D eigenvalue weighted by atomic mass is 16.5. The topological polar surface area (TPSA) is 73.7 Å². The Labute approximate surface area is 158 Å². The van der Waals surface area contributed by atoms with Crippen LogP contribution in [0.5, 0.6) is 0 Å². The summed E-state index contributed by atoms with van der Waals surface area (Å²) < 4.78 is 12.1. The Morgan fingerprint density at radius 3 is 2.59 bits per heavy atom. The zero-order chi connectivity index (χ0) is 19.6. The Balaban J connectivity index is 1.79. The number of hydrogen-bond acceptors (Lipinski definition) is 5. The Morgan fingerprint density at radius 2 is 1.96 bits per heavy atom. The third-order valence-corrected chi connectivity index (χ3v) is 5.00. The Morgan fingerprint density at radius 1 is 1.19 bits per heavy atom. The summed E-state index contributed by atoms with van der Waals surface area (Å²) in [5, 5.41) is 4.48. The number of piperidine rings is 1. The first-order valence-corrected chi connectivity index (χ1v) is 8.98. The molecule has 1 amide bonds. The van der Waals surface area contributed by atoms with Crippen molar-refractivity contribution >= 4 is 11.9 Å². The number of nitrogens with zero attached hydrogens (tertiary/aromatic N) is 3. The van der Waals surface area contributed by atoms with Gasteiger partial charge in [-0.2, -0.15) is 5.10 Å². The largest absolute Gasteiger partial charge is 0.469 e. The van der Waals surface area contributed by atoms with Crippen molar-refractivity contribution in [1.29, 1.82) is 0 Å². The van der Waals surface area contributed by atoms with E-state index in [2.05, 4.69) is 5.10 Å².